The number of nitrogens with zero attached hydrogens (tertiary/aromatic N) is 2. The lowest BCUT2D eigenvalue weighted by Gasteiger charge is -2.17. The molecule has 0 radical (unpaired) electrons. The number of halogens is 3. The summed E-state index contributed by atoms with van der Waals surface area (Å²) in [5.41, 5.74) is 5.31. The highest BCUT2D eigenvalue weighted by molar-refractivity contribution is 7.14. The fourth-order valence-corrected chi connectivity index (χ4v) is 3.64. The van der Waals surface area contributed by atoms with Gasteiger partial charge in [-0.2, -0.15) is 13.2 Å². The van der Waals surface area contributed by atoms with E-state index in [1.54, 1.807) is 6.92 Å². The lowest BCUT2D eigenvalue weighted by molar-refractivity contribution is -0.138. The first kappa shape index (κ1) is 22.2. The number of benzene rings is 2. The summed E-state index contributed by atoms with van der Waals surface area (Å²) in [4.78, 5) is 0. The number of hydrogen-bond donors (Lipinski definition) is 2. The van der Waals surface area contributed by atoms with Crippen LogP contribution < -0.4 is 10.5 Å². The summed E-state index contributed by atoms with van der Waals surface area (Å²) in [7, 11) is 0. The van der Waals surface area contributed by atoms with Crippen molar-refractivity contribution in [2.75, 3.05) is 13.2 Å². The molecule has 1 heterocycles. The molecule has 0 aliphatic carbocycles. The van der Waals surface area contributed by atoms with Gasteiger partial charge in [-0.3, -0.25) is 0 Å². The molecule has 3 rings (SSSR count). The van der Waals surface area contributed by atoms with Crippen LogP contribution in [0.1, 0.15) is 29.5 Å². The predicted molar refractivity (Wildman–Crippen MR) is 109 cm³/mol. The summed E-state index contributed by atoms with van der Waals surface area (Å²) in [6.07, 6.45) is -3.26. The molecule has 0 aliphatic rings. The quantitative estimate of drug-likeness (QED) is 0.511. The predicted octanol–water partition coefficient (Wildman–Crippen LogP) is 4.40. The Balaban J connectivity index is 1.76. The molecular weight excluding hydrogens is 415 g/mol. The van der Waals surface area contributed by atoms with Gasteiger partial charge >= 0.3 is 6.18 Å². The Morgan fingerprint density at radius 1 is 1.10 bits per heavy atom. The van der Waals surface area contributed by atoms with Gasteiger partial charge in [-0.05, 0) is 43.5 Å². The molecular formula is C21H22F3N3O2S. The zero-order valence-corrected chi connectivity index (χ0v) is 17.1. The van der Waals surface area contributed by atoms with Crippen molar-refractivity contribution < 1.29 is 23.0 Å². The van der Waals surface area contributed by atoms with E-state index in [9.17, 15) is 18.3 Å². The van der Waals surface area contributed by atoms with Gasteiger partial charge in [0.05, 0.1) is 24.3 Å². The second-order valence-corrected chi connectivity index (χ2v) is 8.11. The summed E-state index contributed by atoms with van der Waals surface area (Å²) in [6, 6.07) is 13.5. The van der Waals surface area contributed by atoms with Crippen LogP contribution in [0.4, 0.5) is 13.2 Å². The van der Waals surface area contributed by atoms with E-state index in [0.29, 0.717) is 11.4 Å². The summed E-state index contributed by atoms with van der Waals surface area (Å²) in [5.74, 6) is -0.219. The molecule has 0 saturated heterocycles. The fraction of sp³-hybridized carbons (Fsp3) is 0.333. The van der Waals surface area contributed by atoms with Crippen LogP contribution in [0.3, 0.4) is 0 Å². The molecule has 0 saturated carbocycles. The third-order valence-electron chi connectivity index (χ3n) is 4.48. The van der Waals surface area contributed by atoms with Gasteiger partial charge in [0.25, 0.3) is 0 Å². The van der Waals surface area contributed by atoms with E-state index >= 15 is 0 Å². The van der Waals surface area contributed by atoms with Gasteiger partial charge in [0.15, 0.2) is 0 Å². The Morgan fingerprint density at radius 3 is 2.50 bits per heavy atom. The molecule has 1 atom stereocenters. The lowest BCUT2D eigenvalue weighted by Crippen LogP contribution is -2.36. The molecule has 1 aromatic heterocycles. The SMILES string of the molecule is CC(N)(CO)c1nnc(-c2ccc(OCCCc3ccccc3)c(C(F)(F)F)c2)s1. The van der Waals surface area contributed by atoms with Crippen LogP contribution in [-0.4, -0.2) is 28.5 Å². The topological polar surface area (TPSA) is 81.3 Å². The molecule has 3 aromatic rings. The van der Waals surface area contributed by atoms with Crippen LogP contribution in [-0.2, 0) is 18.1 Å². The molecule has 30 heavy (non-hydrogen) atoms. The van der Waals surface area contributed by atoms with Crippen LogP contribution in [0.5, 0.6) is 5.75 Å². The molecule has 2 aromatic carbocycles. The van der Waals surface area contributed by atoms with E-state index in [1.165, 1.54) is 12.1 Å². The van der Waals surface area contributed by atoms with Crippen LogP contribution in [0, 0.1) is 0 Å². The second-order valence-electron chi connectivity index (χ2n) is 7.13. The summed E-state index contributed by atoms with van der Waals surface area (Å²) in [6.45, 7) is 1.39. The fourth-order valence-electron chi connectivity index (χ4n) is 2.75. The molecule has 1 unspecified atom stereocenters. The van der Waals surface area contributed by atoms with Gasteiger partial charge in [-0.15, -0.1) is 10.2 Å². The van der Waals surface area contributed by atoms with Crippen molar-refractivity contribution in [2.45, 2.75) is 31.5 Å². The smallest absolute Gasteiger partial charge is 0.419 e. The van der Waals surface area contributed by atoms with Crippen molar-refractivity contribution in [3.05, 3.63) is 64.7 Å². The largest absolute Gasteiger partial charge is 0.493 e. The third kappa shape index (κ3) is 5.35. The Hall–Kier alpha value is -2.49. The number of aryl methyl sites for hydroxylation is 1. The number of aliphatic hydroxyl groups is 1. The Kier molecular flexibility index (Phi) is 6.74. The highest BCUT2D eigenvalue weighted by atomic mass is 32.1. The molecule has 0 fully saturated rings. The van der Waals surface area contributed by atoms with E-state index in [4.69, 9.17) is 10.5 Å². The molecule has 3 N–H and O–H groups in total. The molecule has 0 amide bonds. The minimum atomic E-state index is -4.58. The standard InChI is InChI=1S/C21H22F3N3O2S/c1-20(25,13-28)19-27-26-18(30-19)15-9-10-17(16(12-15)21(22,23)24)29-11-5-8-14-6-3-2-4-7-14/h2-4,6-7,9-10,12,28H,5,8,11,13,25H2,1H3. The van der Waals surface area contributed by atoms with Gasteiger partial charge in [0.2, 0.25) is 0 Å². The number of aliphatic hydroxyl groups excluding tert-OH is 1. The highest BCUT2D eigenvalue weighted by Crippen LogP contribution is 2.39. The van der Waals surface area contributed by atoms with Crippen LogP contribution in [0.2, 0.25) is 0 Å². The molecule has 0 spiro atoms. The van der Waals surface area contributed by atoms with E-state index < -0.39 is 17.3 Å². The zero-order chi connectivity index (χ0) is 21.8. The first-order chi connectivity index (χ1) is 14.2. The van der Waals surface area contributed by atoms with Crippen LogP contribution >= 0.6 is 11.3 Å². The number of alkyl halides is 3. The molecule has 5 nitrogen and oxygen atoms in total. The highest BCUT2D eigenvalue weighted by Gasteiger charge is 2.35. The summed E-state index contributed by atoms with van der Waals surface area (Å²) < 4.78 is 46.3. The second kappa shape index (κ2) is 9.11. The van der Waals surface area contributed by atoms with E-state index in [-0.39, 0.29) is 29.5 Å². The average Bonchev–Trinajstić information content (AvgIpc) is 3.22. The van der Waals surface area contributed by atoms with E-state index in [0.717, 1.165) is 29.4 Å². The van der Waals surface area contributed by atoms with Crippen molar-refractivity contribution in [1.29, 1.82) is 0 Å². The Morgan fingerprint density at radius 2 is 1.83 bits per heavy atom. The van der Waals surface area contributed by atoms with E-state index in [2.05, 4.69) is 10.2 Å². The van der Waals surface area contributed by atoms with Crippen LogP contribution in [0.15, 0.2) is 48.5 Å². The van der Waals surface area contributed by atoms with Crippen LogP contribution in [0.25, 0.3) is 10.6 Å². The minimum absolute atomic E-state index is 0.169. The number of nitrogens with two attached hydrogens (primary N) is 1. The Bertz CT molecular complexity index is 975. The first-order valence-corrected chi connectivity index (χ1v) is 10.1. The molecule has 0 bridgehead atoms. The van der Waals surface area contributed by atoms with Gasteiger partial charge in [0, 0.05) is 5.56 Å². The number of aromatic nitrogens is 2. The van der Waals surface area contributed by atoms with Gasteiger partial charge < -0.3 is 15.6 Å². The van der Waals surface area contributed by atoms with Gasteiger partial charge in [-0.1, -0.05) is 41.7 Å². The maximum Gasteiger partial charge on any atom is 0.419 e. The lowest BCUT2D eigenvalue weighted by atomic mass is 10.1. The molecule has 160 valence electrons. The number of ether oxygens (including phenoxy) is 1. The van der Waals surface area contributed by atoms with Gasteiger partial charge in [-0.25, -0.2) is 0 Å². The first-order valence-electron chi connectivity index (χ1n) is 9.33. The monoisotopic (exact) mass is 437 g/mol. The average molecular weight is 437 g/mol. The Labute approximate surface area is 176 Å². The maximum atomic E-state index is 13.6. The molecule has 0 aliphatic heterocycles. The van der Waals surface area contributed by atoms with Crippen molar-refractivity contribution in [1.82, 2.24) is 10.2 Å². The molecule has 9 heteroatoms. The van der Waals surface area contributed by atoms with Crippen molar-refractivity contribution in [3.63, 3.8) is 0 Å². The number of hydrogen-bond acceptors (Lipinski definition) is 6. The summed E-state index contributed by atoms with van der Waals surface area (Å²) >= 11 is 1.05. The third-order valence-corrected chi connectivity index (χ3v) is 5.74. The summed E-state index contributed by atoms with van der Waals surface area (Å²) in [5, 5.41) is 17.8. The van der Waals surface area contributed by atoms with Gasteiger partial charge in [0.1, 0.15) is 15.8 Å². The maximum absolute atomic E-state index is 13.6. The van der Waals surface area contributed by atoms with Crippen molar-refractivity contribution >= 4 is 11.3 Å². The van der Waals surface area contributed by atoms with Crippen molar-refractivity contribution in [3.8, 4) is 16.3 Å². The number of rotatable bonds is 8. The van der Waals surface area contributed by atoms with Crippen molar-refractivity contribution in [2.24, 2.45) is 5.73 Å². The van der Waals surface area contributed by atoms with E-state index in [1.807, 2.05) is 30.3 Å². The normalized spacial score (nSPS) is 13.8. The zero-order valence-electron chi connectivity index (χ0n) is 16.3. The minimum Gasteiger partial charge on any atom is -0.493 e.